The average Bonchev–Trinajstić information content (AvgIpc) is 3.33. The second-order valence-corrected chi connectivity index (χ2v) is 9.51. The number of nitriles is 1. The maximum Gasteiger partial charge on any atom is 0.130 e. The Morgan fingerprint density at radius 1 is 1.03 bits per heavy atom. The van der Waals surface area contributed by atoms with E-state index in [1.54, 1.807) is 0 Å². The van der Waals surface area contributed by atoms with Gasteiger partial charge in [0.25, 0.3) is 0 Å². The molecule has 2 unspecified atom stereocenters. The highest BCUT2D eigenvalue weighted by Gasteiger charge is 2.45. The Labute approximate surface area is 192 Å². The second kappa shape index (κ2) is 11.1. The first-order valence-electron chi connectivity index (χ1n) is 12.1. The van der Waals surface area contributed by atoms with Crippen LogP contribution in [0.25, 0.3) is 0 Å². The van der Waals surface area contributed by atoms with E-state index in [9.17, 15) is 14.0 Å². The maximum absolute atomic E-state index is 15.0. The standard InChI is InChI=1S/C28H36F2N2/c1-4-24(32(21(2)3)19-22-11-6-5-7-12-22)17-18-28(20-31,23-13-8-9-14-23)27-25(29)15-10-16-26(27)30/h5-7,10-12,15-16,21,23-24H,4,8-9,13-14,17-19H2,1-3H3. The molecule has 0 aromatic heterocycles. The molecule has 0 N–H and O–H groups in total. The largest absolute Gasteiger partial charge is 0.294 e. The Morgan fingerprint density at radius 3 is 2.19 bits per heavy atom. The average molecular weight is 439 g/mol. The van der Waals surface area contributed by atoms with E-state index in [2.05, 4.69) is 56.0 Å². The van der Waals surface area contributed by atoms with Crippen molar-refractivity contribution < 1.29 is 8.78 Å². The molecule has 2 aromatic rings. The van der Waals surface area contributed by atoms with Crippen LogP contribution in [-0.2, 0) is 12.0 Å². The minimum Gasteiger partial charge on any atom is -0.294 e. The first-order valence-corrected chi connectivity index (χ1v) is 12.1. The zero-order valence-electron chi connectivity index (χ0n) is 19.7. The number of hydrogen-bond acceptors (Lipinski definition) is 2. The Hall–Kier alpha value is -2.25. The number of benzene rings is 2. The predicted octanol–water partition coefficient (Wildman–Crippen LogP) is 7.39. The topological polar surface area (TPSA) is 27.0 Å². The Balaban J connectivity index is 1.91. The van der Waals surface area contributed by atoms with Crippen LogP contribution in [0.1, 0.15) is 76.8 Å². The van der Waals surface area contributed by atoms with E-state index >= 15 is 0 Å². The molecule has 172 valence electrons. The van der Waals surface area contributed by atoms with Crippen molar-refractivity contribution in [3.8, 4) is 6.07 Å². The van der Waals surface area contributed by atoms with E-state index in [1.165, 1.54) is 23.8 Å². The molecule has 0 saturated heterocycles. The fraction of sp³-hybridized carbons (Fsp3) is 0.536. The van der Waals surface area contributed by atoms with Crippen LogP contribution in [0.4, 0.5) is 8.78 Å². The summed E-state index contributed by atoms with van der Waals surface area (Å²) in [5.74, 6) is -1.17. The quantitative estimate of drug-likeness (QED) is 0.387. The van der Waals surface area contributed by atoms with Gasteiger partial charge in [-0.1, -0.05) is 56.2 Å². The summed E-state index contributed by atoms with van der Waals surface area (Å²) in [5, 5.41) is 10.4. The van der Waals surface area contributed by atoms with E-state index in [0.29, 0.717) is 12.5 Å². The van der Waals surface area contributed by atoms with Gasteiger partial charge in [-0.3, -0.25) is 4.90 Å². The van der Waals surface area contributed by atoms with E-state index < -0.39 is 17.0 Å². The van der Waals surface area contributed by atoms with Crippen molar-refractivity contribution in [2.75, 3.05) is 0 Å². The van der Waals surface area contributed by atoms with Crippen LogP contribution in [0.2, 0.25) is 0 Å². The van der Waals surface area contributed by atoms with Gasteiger partial charge in [0.1, 0.15) is 11.6 Å². The predicted molar refractivity (Wildman–Crippen MR) is 126 cm³/mol. The molecule has 1 fully saturated rings. The molecule has 0 aliphatic heterocycles. The zero-order chi connectivity index (χ0) is 23.1. The van der Waals surface area contributed by atoms with Crippen LogP contribution >= 0.6 is 0 Å². The molecule has 2 aromatic carbocycles. The van der Waals surface area contributed by atoms with Crippen molar-refractivity contribution >= 4 is 0 Å². The molecular weight excluding hydrogens is 402 g/mol. The molecular formula is C28H36F2N2. The van der Waals surface area contributed by atoms with Crippen molar-refractivity contribution in [2.45, 2.75) is 89.8 Å². The van der Waals surface area contributed by atoms with Crippen LogP contribution < -0.4 is 0 Å². The summed E-state index contributed by atoms with van der Waals surface area (Å²) in [7, 11) is 0. The van der Waals surface area contributed by atoms with Gasteiger partial charge in [-0.2, -0.15) is 5.26 Å². The summed E-state index contributed by atoms with van der Waals surface area (Å²) in [6.45, 7) is 7.37. The fourth-order valence-corrected chi connectivity index (χ4v) is 5.61. The SMILES string of the molecule is CCC(CCC(C#N)(c1c(F)cccc1F)C1CCCC1)N(Cc1ccccc1)C(C)C. The van der Waals surface area contributed by atoms with Crippen LogP contribution in [0.15, 0.2) is 48.5 Å². The second-order valence-electron chi connectivity index (χ2n) is 9.51. The third kappa shape index (κ3) is 5.21. The third-order valence-corrected chi connectivity index (χ3v) is 7.34. The molecule has 2 atom stereocenters. The highest BCUT2D eigenvalue weighted by molar-refractivity contribution is 5.36. The summed E-state index contributed by atoms with van der Waals surface area (Å²) in [4.78, 5) is 2.46. The van der Waals surface area contributed by atoms with Crippen molar-refractivity contribution in [1.29, 1.82) is 5.26 Å². The summed E-state index contributed by atoms with van der Waals surface area (Å²) in [6, 6.07) is 17.4. The van der Waals surface area contributed by atoms with Crippen LogP contribution in [0.3, 0.4) is 0 Å². The Bertz CT molecular complexity index is 879. The molecule has 4 heteroatoms. The molecule has 0 radical (unpaired) electrons. The number of rotatable bonds is 10. The lowest BCUT2D eigenvalue weighted by Crippen LogP contribution is -2.42. The first-order chi connectivity index (χ1) is 15.4. The minimum absolute atomic E-state index is 0.00182. The monoisotopic (exact) mass is 438 g/mol. The Kier molecular flexibility index (Phi) is 8.43. The van der Waals surface area contributed by atoms with Gasteiger partial charge < -0.3 is 0 Å². The number of nitrogens with zero attached hydrogens (tertiary/aromatic N) is 2. The van der Waals surface area contributed by atoms with Crippen LogP contribution in [0, 0.1) is 28.9 Å². The van der Waals surface area contributed by atoms with E-state index in [0.717, 1.165) is 45.1 Å². The molecule has 32 heavy (non-hydrogen) atoms. The van der Waals surface area contributed by atoms with Crippen LogP contribution in [0.5, 0.6) is 0 Å². The lowest BCUT2D eigenvalue weighted by atomic mass is 9.66. The van der Waals surface area contributed by atoms with Gasteiger partial charge in [-0.15, -0.1) is 0 Å². The Morgan fingerprint density at radius 2 is 1.66 bits per heavy atom. The van der Waals surface area contributed by atoms with E-state index in [-0.39, 0.29) is 17.5 Å². The highest BCUT2D eigenvalue weighted by Crippen LogP contribution is 2.47. The van der Waals surface area contributed by atoms with Crippen molar-refractivity contribution in [1.82, 2.24) is 4.90 Å². The summed E-state index contributed by atoms with van der Waals surface area (Å²) in [6.07, 6.45) is 5.89. The van der Waals surface area contributed by atoms with Gasteiger partial charge >= 0.3 is 0 Å². The van der Waals surface area contributed by atoms with Gasteiger partial charge in [0.15, 0.2) is 0 Å². The highest BCUT2D eigenvalue weighted by atomic mass is 19.1. The molecule has 0 amide bonds. The lowest BCUT2D eigenvalue weighted by Gasteiger charge is -2.39. The molecule has 1 aliphatic rings. The number of hydrogen-bond donors (Lipinski definition) is 0. The number of halogens is 2. The van der Waals surface area contributed by atoms with Gasteiger partial charge in [0.05, 0.1) is 11.5 Å². The van der Waals surface area contributed by atoms with Gasteiger partial charge in [0, 0.05) is 24.2 Å². The lowest BCUT2D eigenvalue weighted by molar-refractivity contribution is 0.121. The summed E-state index contributed by atoms with van der Waals surface area (Å²) in [5.41, 5.74) is 0.125. The summed E-state index contributed by atoms with van der Waals surface area (Å²) >= 11 is 0. The van der Waals surface area contributed by atoms with Gasteiger partial charge in [0.2, 0.25) is 0 Å². The zero-order valence-corrected chi connectivity index (χ0v) is 19.7. The minimum atomic E-state index is -1.12. The van der Waals surface area contributed by atoms with E-state index in [1.807, 2.05) is 6.07 Å². The van der Waals surface area contributed by atoms with Gasteiger partial charge in [-0.25, -0.2) is 8.78 Å². The van der Waals surface area contributed by atoms with Crippen molar-refractivity contribution in [3.63, 3.8) is 0 Å². The molecule has 0 heterocycles. The fourth-order valence-electron chi connectivity index (χ4n) is 5.61. The van der Waals surface area contributed by atoms with E-state index in [4.69, 9.17) is 0 Å². The normalized spacial score (nSPS) is 17.4. The van der Waals surface area contributed by atoms with Gasteiger partial charge in [-0.05, 0) is 69.6 Å². The molecule has 1 aliphatic carbocycles. The molecule has 0 spiro atoms. The molecule has 2 nitrogen and oxygen atoms in total. The van der Waals surface area contributed by atoms with Crippen molar-refractivity contribution in [2.24, 2.45) is 5.92 Å². The molecule has 0 bridgehead atoms. The first kappa shape index (κ1) is 24.4. The summed E-state index contributed by atoms with van der Waals surface area (Å²) < 4.78 is 29.9. The molecule has 1 saturated carbocycles. The molecule has 3 rings (SSSR count). The third-order valence-electron chi connectivity index (χ3n) is 7.34. The van der Waals surface area contributed by atoms with Crippen molar-refractivity contribution in [3.05, 3.63) is 71.3 Å². The smallest absolute Gasteiger partial charge is 0.130 e. The maximum atomic E-state index is 15.0. The van der Waals surface area contributed by atoms with Crippen LogP contribution in [-0.4, -0.2) is 17.0 Å².